The summed E-state index contributed by atoms with van der Waals surface area (Å²) in [4.78, 5) is 10.9. The summed E-state index contributed by atoms with van der Waals surface area (Å²) >= 11 is 1.39. The fourth-order valence-corrected chi connectivity index (χ4v) is 1.63. The molecule has 14 heavy (non-hydrogen) atoms. The van der Waals surface area contributed by atoms with E-state index in [0.29, 0.717) is 5.75 Å². The molecule has 0 heterocycles. The average Bonchev–Trinajstić information content (AvgIpc) is 2.15. The molecule has 0 atom stereocenters. The second-order valence-electron chi connectivity index (χ2n) is 2.52. The van der Waals surface area contributed by atoms with Gasteiger partial charge >= 0.3 is 5.97 Å². The number of phenols is 1. The highest BCUT2D eigenvalue weighted by Crippen LogP contribution is 2.27. The van der Waals surface area contributed by atoms with Crippen LogP contribution in [0.25, 0.3) is 0 Å². The van der Waals surface area contributed by atoms with E-state index in [1.807, 2.05) is 6.07 Å². The molecule has 0 aromatic heterocycles. The molecule has 1 aromatic carbocycles. The minimum absolute atomic E-state index is 0.223. The highest BCUT2D eigenvalue weighted by atomic mass is 32.2. The Morgan fingerprint density at radius 1 is 1.43 bits per heavy atom. The number of carboxylic acid groups (broad SMARTS) is 1. The van der Waals surface area contributed by atoms with Crippen molar-refractivity contribution < 1.29 is 15.0 Å². The maximum atomic E-state index is 10.1. The number of para-hydroxylation sites is 1. The molecule has 0 unspecified atom stereocenters. The Labute approximate surface area is 86.1 Å². The first kappa shape index (κ1) is 10.7. The summed E-state index contributed by atoms with van der Waals surface area (Å²) in [5, 5.41) is 17.7. The van der Waals surface area contributed by atoms with Crippen molar-refractivity contribution in [1.82, 2.24) is 0 Å². The molecule has 0 spiro atoms. The van der Waals surface area contributed by atoms with Crippen LogP contribution >= 0.6 is 11.8 Å². The molecule has 0 aliphatic heterocycles. The van der Waals surface area contributed by atoms with Crippen molar-refractivity contribution >= 4 is 17.7 Å². The lowest BCUT2D eigenvalue weighted by Gasteiger charge is -2.00. The van der Waals surface area contributed by atoms with E-state index in [0.717, 1.165) is 11.0 Å². The number of phenolic OH excluding ortho intramolecular Hbond substituents is 1. The molecule has 74 valence electrons. The van der Waals surface area contributed by atoms with Gasteiger partial charge in [-0.1, -0.05) is 18.2 Å². The fraction of sp³-hybridized carbons (Fsp3) is 0.100. The molecule has 0 aliphatic rings. The van der Waals surface area contributed by atoms with Crippen LogP contribution in [0.1, 0.15) is 0 Å². The van der Waals surface area contributed by atoms with Gasteiger partial charge in [0, 0.05) is 16.7 Å². The number of aliphatic carboxylic acids is 1. The zero-order chi connectivity index (χ0) is 10.4. The van der Waals surface area contributed by atoms with Gasteiger partial charge in [0.05, 0.1) is 0 Å². The first-order chi connectivity index (χ1) is 6.70. The predicted octanol–water partition coefficient (Wildman–Crippen LogP) is 2.13. The monoisotopic (exact) mass is 210 g/mol. The number of rotatable bonds is 4. The molecule has 1 rings (SSSR count). The van der Waals surface area contributed by atoms with Crippen molar-refractivity contribution in [2.45, 2.75) is 4.90 Å². The summed E-state index contributed by atoms with van der Waals surface area (Å²) in [5.41, 5.74) is 0. The van der Waals surface area contributed by atoms with Crippen LogP contribution in [0.15, 0.2) is 41.3 Å². The van der Waals surface area contributed by atoms with Gasteiger partial charge in [-0.2, -0.15) is 0 Å². The highest BCUT2D eigenvalue weighted by Gasteiger charge is 1.97. The lowest BCUT2D eigenvalue weighted by atomic mass is 10.3. The van der Waals surface area contributed by atoms with E-state index < -0.39 is 5.97 Å². The van der Waals surface area contributed by atoms with Gasteiger partial charge in [0.15, 0.2) is 0 Å². The topological polar surface area (TPSA) is 57.5 Å². The lowest BCUT2D eigenvalue weighted by molar-refractivity contribution is -0.131. The molecule has 0 fully saturated rings. The van der Waals surface area contributed by atoms with Gasteiger partial charge in [0.1, 0.15) is 5.75 Å². The molecule has 0 bridgehead atoms. The number of hydrogen-bond donors (Lipinski definition) is 2. The summed E-state index contributed by atoms with van der Waals surface area (Å²) in [7, 11) is 0. The summed E-state index contributed by atoms with van der Waals surface area (Å²) in [5.74, 6) is -0.201. The minimum atomic E-state index is -0.956. The Morgan fingerprint density at radius 3 is 2.79 bits per heavy atom. The van der Waals surface area contributed by atoms with Crippen LogP contribution in [0.3, 0.4) is 0 Å². The second kappa shape index (κ2) is 5.34. The van der Waals surface area contributed by atoms with E-state index in [4.69, 9.17) is 5.11 Å². The number of hydrogen-bond acceptors (Lipinski definition) is 3. The number of thioether (sulfide) groups is 1. The molecule has 2 N–H and O–H groups in total. The summed E-state index contributed by atoms with van der Waals surface area (Å²) < 4.78 is 0. The van der Waals surface area contributed by atoms with Crippen LogP contribution in [0.2, 0.25) is 0 Å². The SMILES string of the molecule is O=C(O)C=CCSc1ccccc1O. The average molecular weight is 210 g/mol. The second-order valence-corrected chi connectivity index (χ2v) is 3.58. The molecule has 3 nitrogen and oxygen atoms in total. The zero-order valence-corrected chi connectivity index (χ0v) is 8.20. The van der Waals surface area contributed by atoms with E-state index in [1.165, 1.54) is 11.8 Å². The molecular formula is C10H10O3S. The molecule has 0 saturated heterocycles. The smallest absolute Gasteiger partial charge is 0.328 e. The Balaban J connectivity index is 2.46. The molecule has 1 aromatic rings. The Morgan fingerprint density at radius 2 is 2.14 bits per heavy atom. The van der Waals surface area contributed by atoms with Crippen LogP contribution in [-0.2, 0) is 4.79 Å². The van der Waals surface area contributed by atoms with E-state index in [2.05, 4.69) is 0 Å². The Kier molecular flexibility index (Phi) is 4.07. The summed E-state index contributed by atoms with van der Waals surface area (Å²) in [6.07, 6.45) is 2.63. The normalized spacial score (nSPS) is 10.6. The number of carboxylic acids is 1. The fourth-order valence-electron chi connectivity index (χ4n) is 0.866. The van der Waals surface area contributed by atoms with Crippen molar-refractivity contribution in [2.24, 2.45) is 0 Å². The third kappa shape index (κ3) is 3.53. The largest absolute Gasteiger partial charge is 0.507 e. The van der Waals surface area contributed by atoms with Crippen LogP contribution in [0, 0.1) is 0 Å². The number of carbonyl (C=O) groups is 1. The Bertz CT molecular complexity index is 347. The van der Waals surface area contributed by atoms with Crippen molar-refractivity contribution in [3.8, 4) is 5.75 Å². The zero-order valence-electron chi connectivity index (χ0n) is 7.38. The maximum Gasteiger partial charge on any atom is 0.328 e. The Hall–Kier alpha value is -1.42. The molecule has 4 heteroatoms. The number of benzene rings is 1. The van der Waals surface area contributed by atoms with Gasteiger partial charge in [0.2, 0.25) is 0 Å². The lowest BCUT2D eigenvalue weighted by Crippen LogP contribution is -1.86. The van der Waals surface area contributed by atoms with Crippen molar-refractivity contribution in [2.75, 3.05) is 5.75 Å². The van der Waals surface area contributed by atoms with Gasteiger partial charge in [0.25, 0.3) is 0 Å². The molecule has 0 saturated carbocycles. The van der Waals surface area contributed by atoms with E-state index in [9.17, 15) is 9.90 Å². The third-order valence-electron chi connectivity index (χ3n) is 1.46. The van der Waals surface area contributed by atoms with Gasteiger partial charge < -0.3 is 10.2 Å². The summed E-state index contributed by atoms with van der Waals surface area (Å²) in [6, 6.07) is 6.95. The van der Waals surface area contributed by atoms with Crippen molar-refractivity contribution in [3.63, 3.8) is 0 Å². The quantitative estimate of drug-likeness (QED) is 0.590. The van der Waals surface area contributed by atoms with E-state index >= 15 is 0 Å². The van der Waals surface area contributed by atoms with E-state index in [-0.39, 0.29) is 5.75 Å². The third-order valence-corrected chi connectivity index (χ3v) is 2.48. The molecule has 0 amide bonds. The molecule has 0 radical (unpaired) electrons. The molecule has 0 aliphatic carbocycles. The summed E-state index contributed by atoms with van der Waals surface area (Å²) in [6.45, 7) is 0. The van der Waals surface area contributed by atoms with Gasteiger partial charge in [-0.05, 0) is 12.1 Å². The van der Waals surface area contributed by atoms with Crippen LogP contribution < -0.4 is 0 Å². The van der Waals surface area contributed by atoms with Crippen molar-refractivity contribution in [1.29, 1.82) is 0 Å². The number of aromatic hydroxyl groups is 1. The highest BCUT2D eigenvalue weighted by molar-refractivity contribution is 7.99. The van der Waals surface area contributed by atoms with Crippen LogP contribution in [-0.4, -0.2) is 21.9 Å². The van der Waals surface area contributed by atoms with Gasteiger partial charge in [-0.3, -0.25) is 0 Å². The van der Waals surface area contributed by atoms with Gasteiger partial charge in [-0.25, -0.2) is 4.79 Å². The van der Waals surface area contributed by atoms with Crippen LogP contribution in [0.5, 0.6) is 5.75 Å². The first-order valence-electron chi connectivity index (χ1n) is 4.00. The first-order valence-corrected chi connectivity index (χ1v) is 4.99. The standard InChI is InChI=1S/C10H10O3S/c11-8-4-1-2-5-9(8)14-7-3-6-10(12)13/h1-6,11H,7H2,(H,12,13). The predicted molar refractivity (Wildman–Crippen MR) is 55.6 cm³/mol. The van der Waals surface area contributed by atoms with Crippen LogP contribution in [0.4, 0.5) is 0 Å². The maximum absolute atomic E-state index is 10.1. The van der Waals surface area contributed by atoms with E-state index in [1.54, 1.807) is 24.3 Å². The van der Waals surface area contributed by atoms with Gasteiger partial charge in [-0.15, -0.1) is 11.8 Å². The minimum Gasteiger partial charge on any atom is -0.507 e. The van der Waals surface area contributed by atoms with Crippen molar-refractivity contribution in [3.05, 3.63) is 36.4 Å². The molecular weight excluding hydrogens is 200 g/mol.